The zero-order valence-corrected chi connectivity index (χ0v) is 16.4. The van der Waals surface area contributed by atoms with Gasteiger partial charge in [0.05, 0.1) is 0 Å². The Kier molecular flexibility index (Phi) is 5.85. The minimum Gasteiger partial charge on any atom is -0.352 e. The number of amides is 2. The van der Waals surface area contributed by atoms with Crippen molar-refractivity contribution in [1.29, 1.82) is 0 Å². The standard InChI is InChI=1S/C21H23FN2O2S/c1-13(2)23-19(25)18-12-27-21(15-8-10-16(22)11-9-15)24(18)20(26)17-7-5-4-6-14(17)3/h4-11,13,18,21H,12H2,1-3H3,(H,23,25). The predicted molar refractivity (Wildman–Crippen MR) is 106 cm³/mol. The topological polar surface area (TPSA) is 49.4 Å². The molecule has 2 amide bonds. The summed E-state index contributed by atoms with van der Waals surface area (Å²) in [6.07, 6.45) is 0. The maximum atomic E-state index is 13.4. The number of hydrogen-bond acceptors (Lipinski definition) is 3. The summed E-state index contributed by atoms with van der Waals surface area (Å²) in [5, 5.41) is 2.58. The molecule has 1 fully saturated rings. The van der Waals surface area contributed by atoms with Gasteiger partial charge in [-0.3, -0.25) is 9.59 Å². The van der Waals surface area contributed by atoms with E-state index in [0.29, 0.717) is 11.3 Å². The maximum absolute atomic E-state index is 13.4. The highest BCUT2D eigenvalue weighted by Crippen LogP contribution is 2.42. The van der Waals surface area contributed by atoms with Crippen LogP contribution in [0.5, 0.6) is 0 Å². The van der Waals surface area contributed by atoms with Gasteiger partial charge < -0.3 is 10.2 Å². The minimum atomic E-state index is -0.570. The summed E-state index contributed by atoms with van der Waals surface area (Å²) in [5.74, 6) is -0.175. The summed E-state index contributed by atoms with van der Waals surface area (Å²) in [6, 6.07) is 12.9. The zero-order chi connectivity index (χ0) is 19.6. The van der Waals surface area contributed by atoms with Gasteiger partial charge in [0.25, 0.3) is 5.91 Å². The van der Waals surface area contributed by atoms with Crippen LogP contribution in [-0.4, -0.2) is 34.6 Å². The van der Waals surface area contributed by atoms with Gasteiger partial charge in [-0.2, -0.15) is 0 Å². The van der Waals surface area contributed by atoms with Crippen molar-refractivity contribution in [2.24, 2.45) is 0 Å². The van der Waals surface area contributed by atoms with Crippen LogP contribution < -0.4 is 5.32 Å². The van der Waals surface area contributed by atoms with Crippen LogP contribution in [-0.2, 0) is 4.79 Å². The average molecular weight is 386 g/mol. The summed E-state index contributed by atoms with van der Waals surface area (Å²) in [7, 11) is 0. The molecule has 1 saturated heterocycles. The summed E-state index contributed by atoms with van der Waals surface area (Å²) < 4.78 is 13.3. The van der Waals surface area contributed by atoms with Crippen molar-refractivity contribution >= 4 is 23.6 Å². The van der Waals surface area contributed by atoms with E-state index in [1.807, 2.05) is 39.0 Å². The number of hydrogen-bond donors (Lipinski definition) is 1. The van der Waals surface area contributed by atoms with E-state index < -0.39 is 6.04 Å². The molecule has 1 aliphatic heterocycles. The molecule has 0 spiro atoms. The molecule has 2 aromatic rings. The van der Waals surface area contributed by atoms with Crippen molar-refractivity contribution in [3.63, 3.8) is 0 Å². The molecule has 3 rings (SSSR count). The van der Waals surface area contributed by atoms with E-state index in [9.17, 15) is 14.0 Å². The second-order valence-corrected chi connectivity index (χ2v) is 8.06. The number of carbonyl (C=O) groups excluding carboxylic acids is 2. The first-order chi connectivity index (χ1) is 12.9. The highest BCUT2D eigenvalue weighted by Gasteiger charge is 2.42. The SMILES string of the molecule is Cc1ccccc1C(=O)N1C(C(=O)NC(C)C)CSC1c1ccc(F)cc1. The van der Waals surface area contributed by atoms with Crippen molar-refractivity contribution < 1.29 is 14.0 Å². The van der Waals surface area contributed by atoms with Crippen molar-refractivity contribution in [2.45, 2.75) is 38.2 Å². The van der Waals surface area contributed by atoms with Crippen LogP contribution in [0.3, 0.4) is 0 Å². The third kappa shape index (κ3) is 4.16. The van der Waals surface area contributed by atoms with Crippen molar-refractivity contribution in [3.05, 3.63) is 71.0 Å². The third-order valence-electron chi connectivity index (χ3n) is 4.50. The lowest BCUT2D eigenvalue weighted by Crippen LogP contribution is -2.49. The van der Waals surface area contributed by atoms with Crippen LogP contribution in [0.2, 0.25) is 0 Å². The lowest BCUT2D eigenvalue weighted by Gasteiger charge is -2.30. The Balaban J connectivity index is 1.99. The highest BCUT2D eigenvalue weighted by molar-refractivity contribution is 7.99. The van der Waals surface area contributed by atoms with Gasteiger partial charge in [0, 0.05) is 17.4 Å². The monoisotopic (exact) mass is 386 g/mol. The van der Waals surface area contributed by atoms with Crippen LogP contribution in [0.1, 0.15) is 40.7 Å². The fourth-order valence-electron chi connectivity index (χ4n) is 3.17. The summed E-state index contributed by atoms with van der Waals surface area (Å²) >= 11 is 1.52. The molecule has 2 atom stereocenters. The molecule has 0 aliphatic carbocycles. The number of thioether (sulfide) groups is 1. The molecule has 0 radical (unpaired) electrons. The summed E-state index contributed by atoms with van der Waals surface area (Å²) in [5.41, 5.74) is 2.25. The molecule has 1 aliphatic rings. The number of nitrogens with one attached hydrogen (secondary N) is 1. The van der Waals surface area contributed by atoms with Crippen LogP contribution in [0.15, 0.2) is 48.5 Å². The zero-order valence-electron chi connectivity index (χ0n) is 15.6. The van der Waals surface area contributed by atoms with Crippen LogP contribution >= 0.6 is 11.8 Å². The summed E-state index contributed by atoms with van der Waals surface area (Å²) in [4.78, 5) is 27.8. The van der Waals surface area contributed by atoms with Crippen LogP contribution in [0.4, 0.5) is 4.39 Å². The van der Waals surface area contributed by atoms with Gasteiger partial charge in [-0.25, -0.2) is 4.39 Å². The Labute approximate surface area is 163 Å². The molecular weight excluding hydrogens is 363 g/mol. The highest BCUT2D eigenvalue weighted by atomic mass is 32.2. The molecule has 4 nitrogen and oxygen atoms in total. The first-order valence-electron chi connectivity index (χ1n) is 8.94. The molecule has 0 saturated carbocycles. The Bertz CT molecular complexity index is 838. The second kappa shape index (κ2) is 8.13. The Morgan fingerprint density at radius 3 is 2.44 bits per heavy atom. The quantitative estimate of drug-likeness (QED) is 0.867. The van der Waals surface area contributed by atoms with E-state index in [4.69, 9.17) is 0 Å². The first-order valence-corrected chi connectivity index (χ1v) is 9.99. The number of aryl methyl sites for hydroxylation is 1. The molecule has 2 unspecified atom stereocenters. The molecule has 6 heteroatoms. The lowest BCUT2D eigenvalue weighted by molar-refractivity contribution is -0.125. The Morgan fingerprint density at radius 1 is 1.15 bits per heavy atom. The van der Waals surface area contributed by atoms with Crippen LogP contribution in [0.25, 0.3) is 0 Å². The lowest BCUT2D eigenvalue weighted by atomic mass is 10.1. The van der Waals surface area contributed by atoms with Gasteiger partial charge in [0.2, 0.25) is 5.91 Å². The Hall–Kier alpha value is -2.34. The van der Waals surface area contributed by atoms with Gasteiger partial charge in [-0.15, -0.1) is 11.8 Å². The van der Waals surface area contributed by atoms with E-state index in [1.165, 1.54) is 23.9 Å². The minimum absolute atomic E-state index is 0.0113. The molecule has 1 heterocycles. The maximum Gasteiger partial charge on any atom is 0.256 e. The van der Waals surface area contributed by atoms with Gasteiger partial charge >= 0.3 is 0 Å². The van der Waals surface area contributed by atoms with Crippen LogP contribution in [0, 0.1) is 12.7 Å². The average Bonchev–Trinajstić information content (AvgIpc) is 3.07. The predicted octanol–water partition coefficient (Wildman–Crippen LogP) is 3.92. The molecule has 2 aromatic carbocycles. The summed E-state index contributed by atoms with van der Waals surface area (Å²) in [6.45, 7) is 5.67. The molecule has 0 bridgehead atoms. The smallest absolute Gasteiger partial charge is 0.256 e. The molecule has 0 aromatic heterocycles. The number of nitrogens with zero attached hydrogens (tertiary/aromatic N) is 1. The van der Waals surface area contributed by atoms with Gasteiger partial charge in [0.15, 0.2) is 0 Å². The number of carbonyl (C=O) groups is 2. The fraction of sp³-hybridized carbons (Fsp3) is 0.333. The largest absolute Gasteiger partial charge is 0.352 e. The third-order valence-corrected chi connectivity index (χ3v) is 5.82. The fourth-order valence-corrected chi connectivity index (χ4v) is 4.60. The van der Waals surface area contributed by atoms with E-state index in [0.717, 1.165) is 11.1 Å². The Morgan fingerprint density at radius 2 is 1.81 bits per heavy atom. The van der Waals surface area contributed by atoms with E-state index >= 15 is 0 Å². The molecule has 27 heavy (non-hydrogen) atoms. The normalized spacial score (nSPS) is 19.4. The second-order valence-electron chi connectivity index (χ2n) is 6.94. The number of halogens is 1. The first kappa shape index (κ1) is 19.4. The van der Waals surface area contributed by atoms with E-state index in [1.54, 1.807) is 23.1 Å². The van der Waals surface area contributed by atoms with Gasteiger partial charge in [-0.1, -0.05) is 30.3 Å². The molecule has 142 valence electrons. The van der Waals surface area contributed by atoms with Crippen molar-refractivity contribution in [1.82, 2.24) is 10.2 Å². The number of rotatable bonds is 4. The van der Waals surface area contributed by atoms with Crippen molar-refractivity contribution in [3.8, 4) is 0 Å². The van der Waals surface area contributed by atoms with Crippen molar-refractivity contribution in [2.75, 3.05) is 5.75 Å². The van der Waals surface area contributed by atoms with E-state index in [-0.39, 0.29) is 29.0 Å². The van der Waals surface area contributed by atoms with Gasteiger partial charge in [0.1, 0.15) is 17.2 Å². The van der Waals surface area contributed by atoms with E-state index in [2.05, 4.69) is 5.32 Å². The molecule has 1 N–H and O–H groups in total. The number of benzene rings is 2. The van der Waals surface area contributed by atoms with Gasteiger partial charge in [-0.05, 0) is 50.1 Å². The molecular formula is C21H23FN2O2S.